The molecule has 0 spiro atoms. The first-order chi connectivity index (χ1) is 17.1. The summed E-state index contributed by atoms with van der Waals surface area (Å²) in [5, 5.41) is 13.6. The molecule has 3 aromatic rings. The van der Waals surface area contributed by atoms with E-state index in [-0.39, 0.29) is 35.2 Å². The van der Waals surface area contributed by atoms with Crippen LogP contribution in [0.1, 0.15) is 45.4 Å². The number of hydrogen-bond donors (Lipinski definition) is 4. The number of hydrogen-bond acceptors (Lipinski definition) is 11. The number of aliphatic hydroxyl groups is 1. The van der Waals surface area contributed by atoms with E-state index in [0.717, 1.165) is 11.3 Å². The summed E-state index contributed by atoms with van der Waals surface area (Å²) in [4.78, 5) is 26.0. The van der Waals surface area contributed by atoms with Gasteiger partial charge in [-0.2, -0.15) is 13.1 Å². The molecule has 0 saturated heterocycles. The van der Waals surface area contributed by atoms with Gasteiger partial charge >= 0.3 is 10.3 Å². The summed E-state index contributed by atoms with van der Waals surface area (Å²) < 4.78 is 30.8. The predicted octanol–water partition coefficient (Wildman–Crippen LogP) is 2.30. The summed E-state index contributed by atoms with van der Waals surface area (Å²) >= 11 is 13.4. The fourth-order valence-corrected chi connectivity index (χ4v) is 5.91. The molecule has 5 N–H and O–H groups in total. The molecule has 0 unspecified atom stereocenters. The van der Waals surface area contributed by atoms with Crippen molar-refractivity contribution in [2.75, 3.05) is 12.4 Å². The molecule has 3 heterocycles. The molecule has 4 rings (SSSR count). The molecule has 15 heteroatoms. The minimum atomic E-state index is -3.97. The number of carbonyl (C=O) groups is 1. The molecule has 1 saturated carbocycles. The third-order valence-corrected chi connectivity index (χ3v) is 8.20. The van der Waals surface area contributed by atoms with E-state index >= 15 is 0 Å². The van der Waals surface area contributed by atoms with Crippen LogP contribution in [0.15, 0.2) is 36.8 Å². The summed E-state index contributed by atoms with van der Waals surface area (Å²) in [5.41, 5.74) is 7.53. The first-order valence-corrected chi connectivity index (χ1v) is 13.6. The van der Waals surface area contributed by atoms with Crippen molar-refractivity contribution in [2.24, 2.45) is 5.73 Å². The van der Waals surface area contributed by atoms with Gasteiger partial charge in [-0.05, 0) is 31.0 Å². The van der Waals surface area contributed by atoms with Gasteiger partial charge in [0, 0.05) is 24.8 Å². The van der Waals surface area contributed by atoms with E-state index < -0.39 is 34.6 Å². The van der Waals surface area contributed by atoms with Crippen LogP contribution in [0.5, 0.6) is 0 Å². The van der Waals surface area contributed by atoms with Gasteiger partial charge in [0.15, 0.2) is 0 Å². The molecule has 0 bridgehead atoms. The van der Waals surface area contributed by atoms with E-state index in [1.807, 2.05) is 4.72 Å². The molecule has 1 fully saturated rings. The van der Waals surface area contributed by atoms with E-state index in [4.69, 9.17) is 33.1 Å². The van der Waals surface area contributed by atoms with Crippen molar-refractivity contribution in [3.63, 3.8) is 0 Å². The molecule has 3 aromatic heterocycles. The van der Waals surface area contributed by atoms with Crippen LogP contribution >= 0.6 is 34.5 Å². The highest BCUT2D eigenvalue weighted by Gasteiger charge is 2.37. The van der Waals surface area contributed by atoms with Gasteiger partial charge in [0.25, 0.3) is 0 Å². The second kappa shape index (κ2) is 11.0. The zero-order valence-electron chi connectivity index (χ0n) is 18.8. The van der Waals surface area contributed by atoms with Gasteiger partial charge in [0.2, 0.25) is 5.78 Å². The molecule has 0 aromatic carbocycles. The highest BCUT2D eigenvalue weighted by molar-refractivity contribution is 7.84. The van der Waals surface area contributed by atoms with Gasteiger partial charge in [0.1, 0.15) is 23.4 Å². The fraction of sp³-hybridized carbons (Fsp3) is 0.333. The first-order valence-electron chi connectivity index (χ1n) is 10.7. The van der Waals surface area contributed by atoms with Gasteiger partial charge in [-0.3, -0.25) is 8.98 Å². The monoisotopic (exact) mass is 572 g/mol. The molecular weight excluding hydrogens is 551 g/mol. The van der Waals surface area contributed by atoms with Crippen LogP contribution in [0.25, 0.3) is 0 Å². The zero-order chi connectivity index (χ0) is 26.0. The maximum atomic E-state index is 13.4. The van der Waals surface area contributed by atoms with Crippen LogP contribution in [-0.4, -0.2) is 59.6 Å². The Hall–Kier alpha value is -2.23. The van der Waals surface area contributed by atoms with Crippen LogP contribution in [0.4, 0.5) is 5.82 Å². The van der Waals surface area contributed by atoms with Crippen LogP contribution in [0.2, 0.25) is 9.49 Å². The van der Waals surface area contributed by atoms with Crippen molar-refractivity contribution < 1.29 is 22.5 Å². The van der Waals surface area contributed by atoms with Crippen molar-refractivity contribution in [1.29, 1.82) is 0 Å². The highest BCUT2D eigenvalue weighted by atomic mass is 35.5. The van der Waals surface area contributed by atoms with Gasteiger partial charge in [-0.1, -0.05) is 29.3 Å². The molecule has 1 aliphatic carbocycles. The Morgan fingerprint density at radius 3 is 2.83 bits per heavy atom. The van der Waals surface area contributed by atoms with Crippen LogP contribution in [-0.2, 0) is 14.5 Å². The van der Waals surface area contributed by atoms with Crippen molar-refractivity contribution in [3.05, 3.63) is 68.0 Å². The van der Waals surface area contributed by atoms with Crippen molar-refractivity contribution >= 4 is 56.4 Å². The van der Waals surface area contributed by atoms with Crippen molar-refractivity contribution in [3.8, 4) is 0 Å². The number of nitrogens with one attached hydrogen (secondary N) is 2. The minimum Gasteiger partial charge on any atom is -0.390 e. The predicted molar refractivity (Wildman–Crippen MR) is 136 cm³/mol. The zero-order valence-corrected chi connectivity index (χ0v) is 21.9. The molecular formula is C21H22Cl2N6O5S2. The minimum absolute atomic E-state index is 0.177. The Labute approximate surface area is 221 Å². The number of ketones is 1. The quantitative estimate of drug-likeness (QED) is 0.220. The average molecular weight is 573 g/mol. The average Bonchev–Trinajstić information content (AvgIpc) is 3.40. The molecule has 192 valence electrons. The van der Waals surface area contributed by atoms with Crippen LogP contribution in [0, 0.1) is 0 Å². The molecule has 0 radical (unpaired) electrons. The number of nitrogens with zero attached hydrogens (tertiary/aromatic N) is 3. The summed E-state index contributed by atoms with van der Waals surface area (Å²) in [6, 6.07) is 5.58. The van der Waals surface area contributed by atoms with Gasteiger partial charge in [-0.25, -0.2) is 15.0 Å². The SMILES string of the molecule is CNS(=O)(=O)O[C@@H]1C[C@H](Nc2ncncc2C(=O)c2cc([C@@H](N)c3cccc(Cl)n3)c(Cl)s2)C[C@@H]1O. The second-order valence-corrected chi connectivity index (χ2v) is 11.5. The summed E-state index contributed by atoms with van der Waals surface area (Å²) in [6.45, 7) is 0. The van der Waals surface area contributed by atoms with Crippen LogP contribution < -0.4 is 15.8 Å². The van der Waals surface area contributed by atoms with E-state index in [0.29, 0.717) is 20.5 Å². The topological polar surface area (TPSA) is 169 Å². The molecule has 4 atom stereocenters. The Bertz CT molecular complexity index is 1370. The number of halogens is 2. The van der Waals surface area contributed by atoms with E-state index in [9.17, 15) is 18.3 Å². The molecule has 36 heavy (non-hydrogen) atoms. The van der Waals surface area contributed by atoms with E-state index in [1.165, 1.54) is 19.6 Å². The van der Waals surface area contributed by atoms with Gasteiger partial charge < -0.3 is 16.2 Å². The molecule has 0 aliphatic heterocycles. The number of thiophene rings is 1. The number of pyridine rings is 1. The Balaban J connectivity index is 1.53. The second-order valence-electron chi connectivity index (χ2n) is 7.99. The van der Waals surface area contributed by atoms with E-state index in [2.05, 4.69) is 20.3 Å². The van der Waals surface area contributed by atoms with Gasteiger partial charge in [0.05, 0.1) is 32.6 Å². The summed E-state index contributed by atoms with van der Waals surface area (Å²) in [7, 11) is -2.76. The third-order valence-electron chi connectivity index (χ3n) is 5.60. The highest BCUT2D eigenvalue weighted by Crippen LogP contribution is 2.36. The van der Waals surface area contributed by atoms with Gasteiger partial charge in [-0.15, -0.1) is 11.3 Å². The fourth-order valence-electron chi connectivity index (χ4n) is 3.81. The van der Waals surface area contributed by atoms with Crippen molar-refractivity contribution in [2.45, 2.75) is 37.1 Å². The molecule has 11 nitrogen and oxygen atoms in total. The lowest BCUT2D eigenvalue weighted by atomic mass is 10.1. The number of carbonyl (C=O) groups excluding carboxylic acids is 1. The number of aliphatic hydroxyl groups excluding tert-OH is 1. The maximum absolute atomic E-state index is 13.4. The standard InChI is InChI=1S/C21H22Cl2N6O5S2/c1-25-36(32,33)34-15-6-10(5-14(15)30)28-21-12(8-26-9-27-21)19(31)16-7-11(20(23)35-16)18(24)13-3-2-4-17(22)29-13/h2-4,7-10,14-15,18,25,30H,5-6,24H2,1H3,(H,26,27,28)/t10-,14+,15-,18-/m1/s1. The number of nitrogens with two attached hydrogens (primary N) is 1. The Morgan fingerprint density at radius 2 is 2.11 bits per heavy atom. The summed E-state index contributed by atoms with van der Waals surface area (Å²) in [5.74, 6) is -0.150. The van der Waals surface area contributed by atoms with E-state index in [1.54, 1.807) is 24.3 Å². The first kappa shape index (κ1) is 26.8. The number of anilines is 1. The smallest absolute Gasteiger partial charge is 0.335 e. The normalized spacial score (nSPS) is 20.9. The molecule has 0 amide bonds. The number of rotatable bonds is 9. The Kier molecular flexibility index (Phi) is 8.22. The van der Waals surface area contributed by atoms with Crippen LogP contribution in [0.3, 0.4) is 0 Å². The Morgan fingerprint density at radius 1 is 1.33 bits per heavy atom. The lowest BCUT2D eigenvalue weighted by Crippen LogP contribution is -2.31. The maximum Gasteiger partial charge on any atom is 0.335 e. The lowest BCUT2D eigenvalue weighted by Gasteiger charge is -2.15. The largest absolute Gasteiger partial charge is 0.390 e. The number of aromatic nitrogens is 3. The summed E-state index contributed by atoms with van der Waals surface area (Å²) in [6.07, 6.45) is 1.05. The molecule has 1 aliphatic rings. The third kappa shape index (κ3) is 6.01. The van der Waals surface area contributed by atoms with Crippen molar-refractivity contribution in [1.82, 2.24) is 19.7 Å². The lowest BCUT2D eigenvalue weighted by molar-refractivity contribution is 0.0636.